The number of benzene rings is 1. The second-order valence-electron chi connectivity index (χ2n) is 7.92. The highest BCUT2D eigenvalue weighted by molar-refractivity contribution is 5.79. The number of likely N-dealkylation sites (tertiary alicyclic amines) is 1. The van der Waals surface area contributed by atoms with Gasteiger partial charge in [0.1, 0.15) is 5.82 Å². The standard InChI is InChI=1S/C22H28N4O3/c1-29-22(28)24-17-11-9-16(10-12-17)21(27)26-13-5-8-19(26)20-23-14-18(25-20)15-6-3-2-4-7-15/h2-4,6-7,14,16-17,19H,5,8-13H2,1H3,(H,23,25)(H,24,28)/t16?,17?,19-/m0/s1. The number of hydrogen-bond acceptors (Lipinski definition) is 4. The molecule has 2 fully saturated rings. The molecule has 1 aliphatic heterocycles. The van der Waals surface area contributed by atoms with E-state index in [1.54, 1.807) is 0 Å². The van der Waals surface area contributed by atoms with Gasteiger partial charge >= 0.3 is 6.09 Å². The molecule has 0 spiro atoms. The van der Waals surface area contributed by atoms with Crippen molar-refractivity contribution in [2.75, 3.05) is 13.7 Å². The van der Waals surface area contributed by atoms with Crippen LogP contribution in [0.3, 0.4) is 0 Å². The summed E-state index contributed by atoms with van der Waals surface area (Å²) in [5.74, 6) is 1.12. The summed E-state index contributed by atoms with van der Waals surface area (Å²) < 4.78 is 4.67. The predicted octanol–water partition coefficient (Wildman–Crippen LogP) is 3.66. The maximum atomic E-state index is 13.2. The number of H-pyrrole nitrogens is 1. The highest BCUT2D eigenvalue weighted by Crippen LogP contribution is 2.35. The molecule has 1 saturated heterocycles. The first-order chi connectivity index (χ1) is 14.2. The lowest BCUT2D eigenvalue weighted by molar-refractivity contribution is -0.137. The largest absolute Gasteiger partial charge is 0.453 e. The molecule has 1 aromatic carbocycles. The number of carbonyl (C=O) groups is 2. The second-order valence-corrected chi connectivity index (χ2v) is 7.92. The molecule has 2 N–H and O–H groups in total. The fraction of sp³-hybridized carbons (Fsp3) is 0.500. The van der Waals surface area contributed by atoms with E-state index in [-0.39, 0.29) is 23.9 Å². The molecule has 4 rings (SSSR count). The lowest BCUT2D eigenvalue weighted by Gasteiger charge is -2.32. The first-order valence-corrected chi connectivity index (χ1v) is 10.4. The Labute approximate surface area is 170 Å². The molecule has 2 aliphatic rings. The van der Waals surface area contributed by atoms with Crippen molar-refractivity contribution < 1.29 is 14.3 Å². The SMILES string of the molecule is COC(=O)NC1CCC(C(=O)N2CCC[C@H]2c2ncc(-c3ccccc3)[nH]2)CC1. The number of methoxy groups -OCH3 is 1. The molecule has 1 atom stereocenters. The summed E-state index contributed by atoms with van der Waals surface area (Å²) in [6.07, 6.45) is 6.60. The first kappa shape index (κ1) is 19.5. The molecule has 0 bridgehead atoms. The van der Waals surface area contributed by atoms with E-state index >= 15 is 0 Å². The highest BCUT2D eigenvalue weighted by Gasteiger charge is 2.37. The Kier molecular flexibility index (Phi) is 5.83. The molecule has 1 saturated carbocycles. The van der Waals surface area contributed by atoms with Crippen LogP contribution >= 0.6 is 0 Å². The molecule has 2 aromatic rings. The van der Waals surface area contributed by atoms with Gasteiger partial charge in [-0.1, -0.05) is 30.3 Å². The Bertz CT molecular complexity index is 843. The fourth-order valence-corrected chi connectivity index (χ4v) is 4.53. The number of aromatic amines is 1. The zero-order valence-electron chi connectivity index (χ0n) is 16.8. The Morgan fingerprint density at radius 3 is 2.62 bits per heavy atom. The lowest BCUT2D eigenvalue weighted by Crippen LogP contribution is -2.42. The van der Waals surface area contributed by atoms with Crippen molar-refractivity contribution in [1.82, 2.24) is 20.2 Å². The van der Waals surface area contributed by atoms with Crippen molar-refractivity contribution >= 4 is 12.0 Å². The van der Waals surface area contributed by atoms with Gasteiger partial charge in [0.25, 0.3) is 0 Å². The van der Waals surface area contributed by atoms with Crippen molar-refractivity contribution in [3.63, 3.8) is 0 Å². The topological polar surface area (TPSA) is 87.3 Å². The number of aromatic nitrogens is 2. The van der Waals surface area contributed by atoms with Gasteiger partial charge < -0.3 is 19.9 Å². The number of amides is 2. The molecule has 1 aromatic heterocycles. The van der Waals surface area contributed by atoms with Gasteiger partial charge in [0, 0.05) is 18.5 Å². The van der Waals surface area contributed by atoms with Crippen LogP contribution in [-0.4, -0.2) is 46.6 Å². The molecular formula is C22H28N4O3. The average Bonchev–Trinajstić information content (AvgIpc) is 3.44. The zero-order valence-corrected chi connectivity index (χ0v) is 16.8. The number of ether oxygens (including phenoxy) is 1. The molecule has 7 nitrogen and oxygen atoms in total. The molecule has 29 heavy (non-hydrogen) atoms. The predicted molar refractivity (Wildman–Crippen MR) is 109 cm³/mol. The Hall–Kier alpha value is -2.83. The number of alkyl carbamates (subject to hydrolysis) is 1. The van der Waals surface area contributed by atoms with Crippen molar-refractivity contribution in [1.29, 1.82) is 0 Å². The third-order valence-electron chi connectivity index (χ3n) is 6.12. The Morgan fingerprint density at radius 2 is 1.90 bits per heavy atom. The summed E-state index contributed by atoms with van der Waals surface area (Å²) >= 11 is 0. The van der Waals surface area contributed by atoms with Crippen LogP contribution in [0.25, 0.3) is 11.3 Å². The number of rotatable bonds is 4. The summed E-state index contributed by atoms with van der Waals surface area (Å²) in [4.78, 5) is 34.6. The van der Waals surface area contributed by atoms with Gasteiger partial charge in [-0.25, -0.2) is 9.78 Å². The maximum absolute atomic E-state index is 13.2. The van der Waals surface area contributed by atoms with Crippen LogP contribution in [-0.2, 0) is 9.53 Å². The van der Waals surface area contributed by atoms with Crippen molar-refractivity contribution in [2.24, 2.45) is 5.92 Å². The van der Waals surface area contributed by atoms with E-state index in [1.165, 1.54) is 7.11 Å². The van der Waals surface area contributed by atoms with Crippen LogP contribution in [0.2, 0.25) is 0 Å². The fourth-order valence-electron chi connectivity index (χ4n) is 4.53. The second kappa shape index (κ2) is 8.68. The van der Waals surface area contributed by atoms with Crippen LogP contribution in [0, 0.1) is 5.92 Å². The zero-order chi connectivity index (χ0) is 20.2. The molecular weight excluding hydrogens is 368 g/mol. The van der Waals surface area contributed by atoms with E-state index in [4.69, 9.17) is 0 Å². The van der Waals surface area contributed by atoms with Crippen molar-refractivity contribution in [2.45, 2.75) is 50.6 Å². The lowest BCUT2D eigenvalue weighted by atomic mass is 9.85. The molecule has 0 radical (unpaired) electrons. The quantitative estimate of drug-likeness (QED) is 0.826. The third-order valence-corrected chi connectivity index (χ3v) is 6.12. The minimum absolute atomic E-state index is 0.0193. The summed E-state index contributed by atoms with van der Waals surface area (Å²) in [6, 6.07) is 10.2. The van der Waals surface area contributed by atoms with E-state index in [0.717, 1.165) is 62.2 Å². The molecule has 0 unspecified atom stereocenters. The summed E-state index contributed by atoms with van der Waals surface area (Å²) in [6.45, 7) is 0.783. The van der Waals surface area contributed by atoms with Gasteiger partial charge in [0.05, 0.1) is 25.0 Å². The van der Waals surface area contributed by atoms with Crippen LogP contribution < -0.4 is 5.32 Å². The normalized spacial score (nSPS) is 24.3. The van der Waals surface area contributed by atoms with Gasteiger partial charge in [-0.15, -0.1) is 0 Å². The third kappa shape index (κ3) is 4.28. The minimum atomic E-state index is -0.397. The Morgan fingerprint density at radius 1 is 1.14 bits per heavy atom. The summed E-state index contributed by atoms with van der Waals surface area (Å²) in [5.41, 5.74) is 2.08. The molecule has 2 heterocycles. The molecule has 154 valence electrons. The van der Waals surface area contributed by atoms with E-state index in [2.05, 4.69) is 32.2 Å². The average molecular weight is 396 g/mol. The van der Waals surface area contributed by atoms with E-state index in [0.29, 0.717) is 0 Å². The van der Waals surface area contributed by atoms with Crippen LogP contribution in [0.4, 0.5) is 4.79 Å². The minimum Gasteiger partial charge on any atom is -0.453 e. The smallest absolute Gasteiger partial charge is 0.407 e. The monoisotopic (exact) mass is 396 g/mol. The highest BCUT2D eigenvalue weighted by atomic mass is 16.5. The van der Waals surface area contributed by atoms with Crippen molar-refractivity contribution in [3.8, 4) is 11.3 Å². The van der Waals surface area contributed by atoms with Crippen LogP contribution in [0.1, 0.15) is 50.4 Å². The first-order valence-electron chi connectivity index (χ1n) is 10.4. The number of hydrogen-bond donors (Lipinski definition) is 2. The van der Waals surface area contributed by atoms with E-state index < -0.39 is 6.09 Å². The van der Waals surface area contributed by atoms with Crippen LogP contribution in [0.15, 0.2) is 36.5 Å². The van der Waals surface area contributed by atoms with E-state index in [1.807, 2.05) is 29.3 Å². The number of carbonyl (C=O) groups excluding carboxylic acids is 2. The van der Waals surface area contributed by atoms with Gasteiger partial charge in [-0.05, 0) is 44.1 Å². The van der Waals surface area contributed by atoms with Gasteiger partial charge in [-0.2, -0.15) is 0 Å². The van der Waals surface area contributed by atoms with Gasteiger partial charge in [0.15, 0.2) is 0 Å². The van der Waals surface area contributed by atoms with Gasteiger partial charge in [-0.3, -0.25) is 4.79 Å². The summed E-state index contributed by atoms with van der Waals surface area (Å²) in [7, 11) is 1.37. The molecule has 7 heteroatoms. The Balaban J connectivity index is 1.39. The number of imidazole rings is 1. The number of nitrogens with one attached hydrogen (secondary N) is 2. The number of nitrogens with zero attached hydrogens (tertiary/aromatic N) is 2. The molecule has 2 amide bonds. The maximum Gasteiger partial charge on any atom is 0.407 e. The summed E-state index contributed by atoms with van der Waals surface area (Å²) in [5, 5.41) is 2.85. The van der Waals surface area contributed by atoms with Crippen molar-refractivity contribution in [3.05, 3.63) is 42.4 Å². The molecule has 1 aliphatic carbocycles. The van der Waals surface area contributed by atoms with Crippen LogP contribution in [0.5, 0.6) is 0 Å². The van der Waals surface area contributed by atoms with E-state index in [9.17, 15) is 9.59 Å². The van der Waals surface area contributed by atoms with Gasteiger partial charge in [0.2, 0.25) is 5.91 Å².